The Hall–Kier alpha value is -0.510. The molecular formula is C10H18O3S. The molecule has 0 aromatic carbocycles. The first kappa shape index (κ1) is 11.6. The summed E-state index contributed by atoms with van der Waals surface area (Å²) in [5.41, 5.74) is 0. The molecule has 1 fully saturated rings. The lowest BCUT2D eigenvalue weighted by Gasteiger charge is -2.32. The van der Waals surface area contributed by atoms with Gasteiger partial charge in [-0.25, -0.2) is 8.42 Å². The van der Waals surface area contributed by atoms with E-state index >= 15 is 0 Å². The third-order valence-electron chi connectivity index (χ3n) is 2.99. The minimum Gasteiger partial charge on any atom is -0.502 e. The molecule has 0 amide bonds. The standard InChI is InChI=1S/C10H18O3S/c1-3-13-8-7-10(2)6-4-5-9-14(10,11)12/h3H,1,4-9H2,2H3. The van der Waals surface area contributed by atoms with Gasteiger partial charge in [0.15, 0.2) is 9.84 Å². The topological polar surface area (TPSA) is 43.4 Å². The van der Waals surface area contributed by atoms with Crippen LogP contribution in [0.15, 0.2) is 12.8 Å². The summed E-state index contributed by atoms with van der Waals surface area (Å²) in [5.74, 6) is 0.331. The second kappa shape index (κ2) is 4.34. The van der Waals surface area contributed by atoms with Crippen molar-refractivity contribution >= 4 is 9.84 Å². The van der Waals surface area contributed by atoms with E-state index in [0.29, 0.717) is 18.8 Å². The summed E-state index contributed by atoms with van der Waals surface area (Å²) in [6, 6.07) is 0. The Morgan fingerprint density at radius 3 is 2.79 bits per heavy atom. The fourth-order valence-corrected chi connectivity index (χ4v) is 3.76. The number of ether oxygens (including phenoxy) is 1. The zero-order valence-corrected chi connectivity index (χ0v) is 9.48. The highest BCUT2D eigenvalue weighted by Gasteiger charge is 2.40. The van der Waals surface area contributed by atoms with Crippen molar-refractivity contribution in [2.24, 2.45) is 0 Å². The van der Waals surface area contributed by atoms with Gasteiger partial charge in [-0.15, -0.1) is 0 Å². The van der Waals surface area contributed by atoms with Crippen molar-refractivity contribution in [1.82, 2.24) is 0 Å². The van der Waals surface area contributed by atoms with E-state index in [9.17, 15) is 8.42 Å². The number of sulfone groups is 1. The molecule has 1 aliphatic rings. The smallest absolute Gasteiger partial charge is 0.155 e. The van der Waals surface area contributed by atoms with Crippen LogP contribution in [0.1, 0.15) is 32.6 Å². The van der Waals surface area contributed by atoms with E-state index in [1.165, 1.54) is 6.26 Å². The lowest BCUT2D eigenvalue weighted by atomic mass is 9.99. The first-order valence-corrected chi connectivity index (χ1v) is 6.62. The highest BCUT2D eigenvalue weighted by atomic mass is 32.2. The lowest BCUT2D eigenvalue weighted by molar-refractivity contribution is 0.226. The van der Waals surface area contributed by atoms with Crippen molar-refractivity contribution in [3.63, 3.8) is 0 Å². The van der Waals surface area contributed by atoms with E-state index in [-0.39, 0.29) is 0 Å². The SMILES string of the molecule is C=COCCC1(C)CCCCS1(=O)=O. The Morgan fingerprint density at radius 2 is 2.21 bits per heavy atom. The van der Waals surface area contributed by atoms with Gasteiger partial charge in [0, 0.05) is 6.42 Å². The second-order valence-electron chi connectivity index (χ2n) is 4.01. The van der Waals surface area contributed by atoms with E-state index in [4.69, 9.17) is 4.74 Å². The van der Waals surface area contributed by atoms with Crippen LogP contribution in [0.25, 0.3) is 0 Å². The largest absolute Gasteiger partial charge is 0.502 e. The Bertz CT molecular complexity index is 294. The third kappa shape index (κ3) is 2.29. The van der Waals surface area contributed by atoms with Gasteiger partial charge in [0.1, 0.15) is 0 Å². The quantitative estimate of drug-likeness (QED) is 0.534. The minimum atomic E-state index is -2.92. The summed E-state index contributed by atoms with van der Waals surface area (Å²) >= 11 is 0. The summed E-state index contributed by atoms with van der Waals surface area (Å²) in [6.07, 6.45) is 4.50. The van der Waals surface area contributed by atoms with Crippen LogP contribution in [-0.2, 0) is 14.6 Å². The summed E-state index contributed by atoms with van der Waals surface area (Å²) < 4.78 is 28.1. The molecular weight excluding hydrogens is 200 g/mol. The molecule has 3 nitrogen and oxygen atoms in total. The van der Waals surface area contributed by atoms with Crippen LogP contribution >= 0.6 is 0 Å². The van der Waals surface area contributed by atoms with E-state index in [1.807, 2.05) is 6.92 Å². The van der Waals surface area contributed by atoms with Gasteiger partial charge < -0.3 is 4.74 Å². The summed E-state index contributed by atoms with van der Waals surface area (Å²) in [7, 11) is -2.92. The van der Waals surface area contributed by atoms with Crippen molar-refractivity contribution in [1.29, 1.82) is 0 Å². The number of rotatable bonds is 4. The first-order valence-electron chi connectivity index (χ1n) is 4.97. The van der Waals surface area contributed by atoms with Crippen LogP contribution in [0.5, 0.6) is 0 Å². The molecule has 0 saturated carbocycles. The van der Waals surface area contributed by atoms with Crippen LogP contribution in [0.3, 0.4) is 0 Å². The van der Waals surface area contributed by atoms with Crippen molar-refractivity contribution in [3.05, 3.63) is 12.8 Å². The van der Waals surface area contributed by atoms with Crippen molar-refractivity contribution < 1.29 is 13.2 Å². The lowest BCUT2D eigenvalue weighted by Crippen LogP contribution is -2.41. The van der Waals surface area contributed by atoms with Crippen LogP contribution in [-0.4, -0.2) is 25.5 Å². The van der Waals surface area contributed by atoms with Crippen molar-refractivity contribution in [2.45, 2.75) is 37.4 Å². The molecule has 1 rings (SSSR count). The molecule has 14 heavy (non-hydrogen) atoms. The van der Waals surface area contributed by atoms with Gasteiger partial charge in [-0.05, 0) is 19.8 Å². The number of hydrogen-bond acceptors (Lipinski definition) is 3. The Balaban J connectivity index is 2.64. The third-order valence-corrected chi connectivity index (χ3v) is 5.72. The normalized spacial score (nSPS) is 30.9. The van der Waals surface area contributed by atoms with E-state index < -0.39 is 14.6 Å². The molecule has 0 N–H and O–H groups in total. The van der Waals surface area contributed by atoms with E-state index in [2.05, 4.69) is 6.58 Å². The first-order chi connectivity index (χ1) is 6.52. The Labute approximate surface area is 86.1 Å². The Morgan fingerprint density at radius 1 is 1.50 bits per heavy atom. The molecule has 1 atom stereocenters. The monoisotopic (exact) mass is 218 g/mol. The van der Waals surface area contributed by atoms with E-state index in [1.54, 1.807) is 0 Å². The molecule has 0 aromatic rings. The molecule has 1 aliphatic heterocycles. The molecule has 0 aliphatic carbocycles. The van der Waals surface area contributed by atoms with Crippen LogP contribution in [0.2, 0.25) is 0 Å². The molecule has 4 heteroatoms. The molecule has 0 bridgehead atoms. The van der Waals surface area contributed by atoms with Crippen molar-refractivity contribution in [2.75, 3.05) is 12.4 Å². The highest BCUT2D eigenvalue weighted by molar-refractivity contribution is 7.92. The van der Waals surface area contributed by atoms with Gasteiger partial charge in [0.05, 0.1) is 23.4 Å². The van der Waals surface area contributed by atoms with Gasteiger partial charge in [-0.1, -0.05) is 13.0 Å². The second-order valence-corrected chi connectivity index (χ2v) is 6.64. The number of hydrogen-bond donors (Lipinski definition) is 0. The zero-order valence-electron chi connectivity index (χ0n) is 8.66. The summed E-state index contributed by atoms with van der Waals surface area (Å²) in [5, 5.41) is 0. The van der Waals surface area contributed by atoms with Gasteiger partial charge >= 0.3 is 0 Å². The van der Waals surface area contributed by atoms with Crippen LogP contribution in [0, 0.1) is 0 Å². The fraction of sp³-hybridized carbons (Fsp3) is 0.800. The Kier molecular flexibility index (Phi) is 3.59. The van der Waals surface area contributed by atoms with Gasteiger partial charge in [0.25, 0.3) is 0 Å². The molecule has 0 aromatic heterocycles. The molecule has 82 valence electrons. The molecule has 0 radical (unpaired) electrons. The molecule has 1 unspecified atom stereocenters. The summed E-state index contributed by atoms with van der Waals surface area (Å²) in [4.78, 5) is 0. The van der Waals surface area contributed by atoms with Gasteiger partial charge in [0.2, 0.25) is 0 Å². The maximum atomic E-state index is 11.8. The summed E-state index contributed by atoms with van der Waals surface area (Å²) in [6.45, 7) is 5.70. The van der Waals surface area contributed by atoms with Crippen LogP contribution in [0.4, 0.5) is 0 Å². The molecule has 0 spiro atoms. The van der Waals surface area contributed by atoms with Crippen molar-refractivity contribution in [3.8, 4) is 0 Å². The van der Waals surface area contributed by atoms with Gasteiger partial charge in [-0.3, -0.25) is 0 Å². The maximum absolute atomic E-state index is 11.8. The predicted octanol–water partition coefficient (Wildman–Crippen LogP) is 1.89. The zero-order chi connectivity index (χ0) is 10.7. The average molecular weight is 218 g/mol. The highest BCUT2D eigenvalue weighted by Crippen LogP contribution is 2.33. The van der Waals surface area contributed by atoms with Gasteiger partial charge in [-0.2, -0.15) is 0 Å². The van der Waals surface area contributed by atoms with E-state index in [0.717, 1.165) is 19.3 Å². The predicted molar refractivity (Wildman–Crippen MR) is 56.8 cm³/mol. The average Bonchev–Trinajstić information content (AvgIpc) is 2.11. The van der Waals surface area contributed by atoms with Crippen LogP contribution < -0.4 is 0 Å². The molecule has 1 saturated heterocycles. The minimum absolute atomic E-state index is 0.331. The fourth-order valence-electron chi connectivity index (χ4n) is 1.83. The molecule has 1 heterocycles. The maximum Gasteiger partial charge on any atom is 0.155 e.